The molecule has 0 spiro atoms. The summed E-state index contributed by atoms with van der Waals surface area (Å²) in [5, 5.41) is 20.4. The number of carbonyl (C=O) groups is 2. The van der Waals surface area contributed by atoms with E-state index in [0.29, 0.717) is 35.7 Å². The van der Waals surface area contributed by atoms with Crippen LogP contribution in [0.1, 0.15) is 36.0 Å². The van der Waals surface area contributed by atoms with Crippen LogP contribution in [0.3, 0.4) is 0 Å². The van der Waals surface area contributed by atoms with Gasteiger partial charge < -0.3 is 24.6 Å². The lowest BCUT2D eigenvalue weighted by Gasteiger charge is -2.33. The highest BCUT2D eigenvalue weighted by atomic mass is 28.3. The molecule has 0 radical (unpaired) electrons. The van der Waals surface area contributed by atoms with Gasteiger partial charge in [-0.05, 0) is 31.7 Å². The Morgan fingerprint density at radius 3 is 2.68 bits per heavy atom. The molecule has 11 nitrogen and oxygen atoms in total. The van der Waals surface area contributed by atoms with Crippen molar-refractivity contribution in [2.45, 2.75) is 70.2 Å². The molecule has 1 aliphatic carbocycles. The SMILES string of the molecule is CN(C(=O)O)[C@H]1CC[C@H](NC(=O)c2cn(COCC[Si](C)(C)C)c3ncc4nncn4c23)CC1. The van der Waals surface area contributed by atoms with Gasteiger partial charge in [-0.15, -0.1) is 10.2 Å². The second-order valence-electron chi connectivity index (χ2n) is 10.2. The van der Waals surface area contributed by atoms with Crippen LogP contribution in [-0.4, -0.2) is 80.0 Å². The van der Waals surface area contributed by atoms with Gasteiger partial charge >= 0.3 is 6.09 Å². The number of carboxylic acid groups (broad SMARTS) is 1. The largest absolute Gasteiger partial charge is 0.465 e. The van der Waals surface area contributed by atoms with E-state index in [0.717, 1.165) is 31.7 Å². The van der Waals surface area contributed by atoms with E-state index in [1.165, 1.54) is 4.90 Å². The number of carbonyl (C=O) groups excluding carboxylic acids is 1. The van der Waals surface area contributed by atoms with Gasteiger partial charge in [-0.25, -0.2) is 9.78 Å². The van der Waals surface area contributed by atoms with E-state index in [4.69, 9.17) is 4.74 Å². The fraction of sp³-hybridized carbons (Fsp3) is 0.591. The first kappa shape index (κ1) is 24.1. The summed E-state index contributed by atoms with van der Waals surface area (Å²) in [7, 11) is 0.398. The lowest BCUT2D eigenvalue weighted by molar-refractivity contribution is 0.0879. The lowest BCUT2D eigenvalue weighted by atomic mass is 9.90. The first-order valence-electron chi connectivity index (χ1n) is 11.7. The molecule has 0 aliphatic heterocycles. The summed E-state index contributed by atoms with van der Waals surface area (Å²) in [4.78, 5) is 30.5. The molecule has 0 saturated heterocycles. The molecule has 0 unspecified atom stereocenters. The average molecular weight is 488 g/mol. The Morgan fingerprint density at radius 1 is 1.26 bits per heavy atom. The van der Waals surface area contributed by atoms with Crippen LogP contribution in [0, 0.1) is 0 Å². The molecular formula is C22H33N7O4Si. The van der Waals surface area contributed by atoms with Gasteiger partial charge in [-0.1, -0.05) is 19.6 Å². The van der Waals surface area contributed by atoms with Crippen LogP contribution in [0.4, 0.5) is 4.79 Å². The predicted molar refractivity (Wildman–Crippen MR) is 130 cm³/mol. The minimum Gasteiger partial charge on any atom is -0.465 e. The molecule has 34 heavy (non-hydrogen) atoms. The van der Waals surface area contributed by atoms with Gasteiger partial charge in [0, 0.05) is 40.0 Å². The quantitative estimate of drug-likeness (QED) is 0.369. The van der Waals surface area contributed by atoms with Crippen LogP contribution in [0.25, 0.3) is 16.8 Å². The third kappa shape index (κ3) is 5.22. The predicted octanol–water partition coefficient (Wildman–Crippen LogP) is 3.04. The van der Waals surface area contributed by atoms with Crippen molar-refractivity contribution in [1.82, 2.24) is 34.4 Å². The van der Waals surface area contributed by atoms with Crippen LogP contribution < -0.4 is 5.32 Å². The van der Waals surface area contributed by atoms with E-state index in [9.17, 15) is 14.7 Å². The smallest absolute Gasteiger partial charge is 0.407 e. The highest BCUT2D eigenvalue weighted by Crippen LogP contribution is 2.25. The van der Waals surface area contributed by atoms with Crippen molar-refractivity contribution < 1.29 is 19.4 Å². The Morgan fingerprint density at radius 2 is 2.00 bits per heavy atom. The maximum absolute atomic E-state index is 13.3. The topological polar surface area (TPSA) is 127 Å². The number of nitrogens with one attached hydrogen (secondary N) is 1. The Balaban J connectivity index is 1.51. The maximum Gasteiger partial charge on any atom is 0.407 e. The van der Waals surface area contributed by atoms with Crippen LogP contribution in [0.2, 0.25) is 25.7 Å². The second kappa shape index (κ2) is 9.70. The molecule has 3 aromatic heterocycles. The van der Waals surface area contributed by atoms with Crippen molar-refractivity contribution in [2.24, 2.45) is 0 Å². The van der Waals surface area contributed by atoms with Crippen molar-refractivity contribution in [2.75, 3.05) is 13.7 Å². The molecule has 3 aromatic rings. The molecule has 3 heterocycles. The number of amides is 2. The summed E-state index contributed by atoms with van der Waals surface area (Å²) in [6.45, 7) is 7.89. The molecule has 1 aliphatic rings. The van der Waals surface area contributed by atoms with Crippen molar-refractivity contribution in [1.29, 1.82) is 0 Å². The van der Waals surface area contributed by atoms with Crippen LogP contribution in [-0.2, 0) is 11.5 Å². The van der Waals surface area contributed by atoms with Crippen molar-refractivity contribution >= 4 is 36.9 Å². The summed E-state index contributed by atoms with van der Waals surface area (Å²) in [6, 6.07) is 1.04. The molecule has 4 rings (SSSR count). The van der Waals surface area contributed by atoms with E-state index in [-0.39, 0.29) is 18.0 Å². The van der Waals surface area contributed by atoms with Crippen molar-refractivity contribution in [3.05, 3.63) is 24.3 Å². The zero-order valence-corrected chi connectivity index (χ0v) is 21.2. The monoisotopic (exact) mass is 487 g/mol. The van der Waals surface area contributed by atoms with E-state index < -0.39 is 14.2 Å². The summed E-state index contributed by atoms with van der Waals surface area (Å²) < 4.78 is 9.55. The molecule has 1 saturated carbocycles. The van der Waals surface area contributed by atoms with Gasteiger partial charge in [0.1, 0.15) is 18.6 Å². The number of hydrogen-bond donors (Lipinski definition) is 2. The summed E-state index contributed by atoms with van der Waals surface area (Å²) >= 11 is 0. The zero-order chi connectivity index (χ0) is 24.5. The van der Waals surface area contributed by atoms with E-state index in [1.807, 2.05) is 4.57 Å². The number of fused-ring (bicyclic) bond motifs is 3. The number of rotatable bonds is 8. The highest BCUT2D eigenvalue weighted by Gasteiger charge is 2.28. The molecule has 2 amide bonds. The van der Waals surface area contributed by atoms with Gasteiger partial charge in [0.05, 0.1) is 11.8 Å². The Labute approximate surface area is 199 Å². The molecule has 0 bridgehead atoms. The van der Waals surface area contributed by atoms with E-state index in [1.54, 1.807) is 30.2 Å². The standard InChI is InChI=1S/C22H33N7O4Si/c1-27(22(31)32)16-7-5-15(6-8-16)25-21(30)17-12-28(14-33-9-10-34(2,3)4)20-19(17)29-13-24-26-18(29)11-23-20/h11-13,15-16H,5-10,14H2,1-4H3,(H,25,30)(H,31,32)/t15-,16-. The zero-order valence-electron chi connectivity index (χ0n) is 20.2. The molecule has 12 heteroatoms. The third-order valence-corrected chi connectivity index (χ3v) is 8.20. The molecular weight excluding hydrogens is 454 g/mol. The van der Waals surface area contributed by atoms with Gasteiger partial charge in [0.2, 0.25) is 0 Å². The van der Waals surface area contributed by atoms with Crippen molar-refractivity contribution in [3.63, 3.8) is 0 Å². The van der Waals surface area contributed by atoms with Gasteiger partial charge in [0.25, 0.3) is 5.91 Å². The highest BCUT2D eigenvalue weighted by molar-refractivity contribution is 6.76. The molecule has 0 atom stereocenters. The summed E-state index contributed by atoms with van der Waals surface area (Å²) in [6.07, 6.45) is 6.98. The lowest BCUT2D eigenvalue weighted by Crippen LogP contribution is -2.44. The Bertz CT molecular complexity index is 1180. The van der Waals surface area contributed by atoms with Gasteiger partial charge in [-0.2, -0.15) is 0 Å². The molecule has 184 valence electrons. The molecule has 1 fully saturated rings. The first-order valence-corrected chi connectivity index (χ1v) is 15.4. The number of hydrogen-bond acceptors (Lipinski definition) is 6. The molecule has 0 aromatic carbocycles. The third-order valence-electron chi connectivity index (χ3n) is 6.49. The first-order chi connectivity index (χ1) is 16.1. The minimum atomic E-state index is -1.20. The van der Waals surface area contributed by atoms with E-state index >= 15 is 0 Å². The van der Waals surface area contributed by atoms with Gasteiger partial charge in [-0.3, -0.25) is 9.20 Å². The van der Waals surface area contributed by atoms with Crippen molar-refractivity contribution in [3.8, 4) is 0 Å². The minimum absolute atomic E-state index is 0.00888. The fourth-order valence-electron chi connectivity index (χ4n) is 4.36. The maximum atomic E-state index is 13.3. The number of ether oxygens (including phenoxy) is 1. The molecule has 2 N–H and O–H groups in total. The second-order valence-corrected chi connectivity index (χ2v) is 15.8. The normalized spacial score (nSPS) is 18.9. The van der Waals surface area contributed by atoms with Gasteiger partial charge in [0.15, 0.2) is 11.3 Å². The fourth-order valence-corrected chi connectivity index (χ4v) is 5.12. The number of nitrogens with zero attached hydrogens (tertiary/aromatic N) is 6. The Kier molecular flexibility index (Phi) is 6.89. The Hall–Kier alpha value is -2.99. The van der Waals surface area contributed by atoms with Crippen LogP contribution >= 0.6 is 0 Å². The van der Waals surface area contributed by atoms with Crippen LogP contribution in [0.5, 0.6) is 0 Å². The average Bonchev–Trinajstić information content (AvgIpc) is 3.40. The van der Waals surface area contributed by atoms with E-state index in [2.05, 4.69) is 40.1 Å². The summed E-state index contributed by atoms with van der Waals surface area (Å²) in [5.74, 6) is -0.191. The number of aromatic nitrogens is 5. The van der Waals surface area contributed by atoms with Crippen LogP contribution in [0.15, 0.2) is 18.7 Å². The summed E-state index contributed by atoms with van der Waals surface area (Å²) in [5.41, 5.74) is 2.34.